The topological polar surface area (TPSA) is 55.6 Å². The van der Waals surface area contributed by atoms with Crippen LogP contribution >= 0.6 is 0 Å². The molecule has 0 aliphatic carbocycles. The molecule has 1 atom stereocenters. The molecule has 2 aromatic heterocycles. The lowest BCUT2D eigenvalue weighted by atomic mass is 9.92. The summed E-state index contributed by atoms with van der Waals surface area (Å²) in [5.74, 6) is -0.328. The van der Waals surface area contributed by atoms with E-state index in [9.17, 15) is 9.18 Å². The quantitative estimate of drug-likeness (QED) is 0.496. The maximum Gasteiger partial charge on any atom is 0.225 e. The largest absolute Gasteiger partial charge is 0.497 e. The summed E-state index contributed by atoms with van der Waals surface area (Å²) in [5.41, 5.74) is 3.88. The normalized spacial score (nSPS) is 12.0. The van der Waals surface area contributed by atoms with Crippen LogP contribution in [0.5, 0.6) is 5.75 Å². The number of anilines is 1. The second-order valence-corrected chi connectivity index (χ2v) is 7.18. The van der Waals surface area contributed by atoms with Crippen molar-refractivity contribution in [3.05, 3.63) is 95.7 Å². The van der Waals surface area contributed by atoms with E-state index in [-0.39, 0.29) is 23.9 Å². The summed E-state index contributed by atoms with van der Waals surface area (Å²) in [5, 5.41) is 2.68. The number of hydrogen-bond acceptors (Lipinski definition) is 3. The molecule has 5 nitrogen and oxygen atoms in total. The second-order valence-electron chi connectivity index (χ2n) is 7.18. The van der Waals surface area contributed by atoms with Crippen molar-refractivity contribution in [2.75, 3.05) is 12.4 Å². The van der Waals surface area contributed by atoms with Gasteiger partial charge in [-0.05, 0) is 54.4 Å². The molecule has 0 radical (unpaired) electrons. The van der Waals surface area contributed by atoms with E-state index in [0.29, 0.717) is 5.75 Å². The van der Waals surface area contributed by atoms with Crippen molar-refractivity contribution in [3.63, 3.8) is 0 Å². The summed E-state index contributed by atoms with van der Waals surface area (Å²) >= 11 is 0. The van der Waals surface area contributed by atoms with Crippen LogP contribution in [0, 0.1) is 12.7 Å². The van der Waals surface area contributed by atoms with Crippen molar-refractivity contribution >= 4 is 17.2 Å². The molecular formula is C24H22FN3O2. The zero-order valence-corrected chi connectivity index (χ0v) is 16.8. The maximum atomic E-state index is 14.0. The molecule has 2 heterocycles. The first-order chi connectivity index (χ1) is 14.5. The third-order valence-electron chi connectivity index (χ3n) is 5.09. The van der Waals surface area contributed by atoms with E-state index in [1.165, 1.54) is 6.07 Å². The molecule has 0 aliphatic heterocycles. The molecular weight excluding hydrogens is 381 g/mol. The van der Waals surface area contributed by atoms with E-state index in [2.05, 4.69) is 10.3 Å². The number of fused-ring (bicyclic) bond motifs is 1. The standard InChI is InChI=1S/C24H22FN3O2/c1-16-10-11-28-22(15-26-23(28)12-16)19(17-6-5-7-18(13-17)30-2)14-24(29)27-21-9-4-3-8-20(21)25/h3-13,15,19H,14H2,1-2H3,(H,27,29). The molecule has 2 aromatic carbocycles. The highest BCUT2D eigenvalue weighted by Crippen LogP contribution is 2.31. The van der Waals surface area contributed by atoms with Gasteiger partial charge in [-0.15, -0.1) is 0 Å². The first kappa shape index (κ1) is 19.6. The van der Waals surface area contributed by atoms with Crippen LogP contribution in [0.4, 0.5) is 10.1 Å². The minimum Gasteiger partial charge on any atom is -0.497 e. The molecule has 0 aliphatic rings. The Balaban J connectivity index is 1.71. The lowest BCUT2D eigenvalue weighted by Gasteiger charge is -2.18. The number of benzene rings is 2. The molecule has 0 saturated heterocycles. The van der Waals surface area contributed by atoms with Gasteiger partial charge in [0.25, 0.3) is 0 Å². The van der Waals surface area contributed by atoms with Gasteiger partial charge in [0.1, 0.15) is 17.2 Å². The van der Waals surface area contributed by atoms with Gasteiger partial charge in [-0.2, -0.15) is 0 Å². The first-order valence-electron chi connectivity index (χ1n) is 9.67. The molecule has 4 rings (SSSR count). The monoisotopic (exact) mass is 403 g/mol. The second kappa shape index (κ2) is 8.37. The fraction of sp³-hybridized carbons (Fsp3) is 0.167. The number of rotatable bonds is 6. The van der Waals surface area contributed by atoms with E-state index >= 15 is 0 Å². The molecule has 0 spiro atoms. The van der Waals surface area contributed by atoms with Crippen molar-refractivity contribution in [1.29, 1.82) is 0 Å². The summed E-state index contributed by atoms with van der Waals surface area (Å²) in [4.78, 5) is 17.4. The molecule has 1 amide bonds. The Kier molecular flexibility index (Phi) is 5.48. The van der Waals surface area contributed by atoms with Gasteiger partial charge in [-0.25, -0.2) is 9.37 Å². The van der Waals surface area contributed by atoms with Crippen LogP contribution in [0.3, 0.4) is 0 Å². The average molecular weight is 403 g/mol. The summed E-state index contributed by atoms with van der Waals surface area (Å²) in [6.45, 7) is 2.01. The van der Waals surface area contributed by atoms with Gasteiger partial charge in [-0.1, -0.05) is 24.3 Å². The van der Waals surface area contributed by atoms with E-state index in [1.54, 1.807) is 31.5 Å². The van der Waals surface area contributed by atoms with Crippen LogP contribution in [-0.2, 0) is 4.79 Å². The highest BCUT2D eigenvalue weighted by Gasteiger charge is 2.23. The number of halogens is 1. The van der Waals surface area contributed by atoms with E-state index in [1.807, 2.05) is 53.9 Å². The third-order valence-corrected chi connectivity index (χ3v) is 5.09. The number of pyridine rings is 1. The average Bonchev–Trinajstić information content (AvgIpc) is 3.16. The van der Waals surface area contributed by atoms with Gasteiger partial charge < -0.3 is 14.5 Å². The Morgan fingerprint density at radius 1 is 1.17 bits per heavy atom. The summed E-state index contributed by atoms with van der Waals surface area (Å²) in [7, 11) is 1.61. The highest BCUT2D eigenvalue weighted by atomic mass is 19.1. The lowest BCUT2D eigenvalue weighted by Crippen LogP contribution is -2.18. The molecule has 0 bridgehead atoms. The Morgan fingerprint density at radius 3 is 2.80 bits per heavy atom. The van der Waals surface area contributed by atoms with Crippen molar-refractivity contribution in [1.82, 2.24) is 9.38 Å². The lowest BCUT2D eigenvalue weighted by molar-refractivity contribution is -0.116. The fourth-order valence-electron chi connectivity index (χ4n) is 3.56. The molecule has 1 unspecified atom stereocenters. The van der Waals surface area contributed by atoms with Gasteiger partial charge in [0.2, 0.25) is 5.91 Å². The van der Waals surface area contributed by atoms with Crippen LogP contribution in [0.15, 0.2) is 73.1 Å². The number of nitrogens with one attached hydrogen (secondary N) is 1. The zero-order chi connectivity index (χ0) is 21.1. The number of amides is 1. The summed E-state index contributed by atoms with van der Waals surface area (Å²) in [6.07, 6.45) is 3.87. The van der Waals surface area contributed by atoms with Gasteiger partial charge in [-0.3, -0.25) is 4.79 Å². The van der Waals surface area contributed by atoms with Crippen LogP contribution in [0.25, 0.3) is 5.65 Å². The summed E-state index contributed by atoms with van der Waals surface area (Å²) < 4.78 is 21.3. The number of para-hydroxylation sites is 1. The number of ether oxygens (including phenoxy) is 1. The SMILES string of the molecule is COc1cccc(C(CC(=O)Nc2ccccc2F)c2cnc3cc(C)ccn23)c1. The minimum absolute atomic E-state index is 0.128. The third kappa shape index (κ3) is 4.03. The highest BCUT2D eigenvalue weighted by molar-refractivity contribution is 5.91. The van der Waals surface area contributed by atoms with Crippen LogP contribution < -0.4 is 10.1 Å². The van der Waals surface area contributed by atoms with Gasteiger partial charge in [0, 0.05) is 24.7 Å². The number of aryl methyl sites for hydroxylation is 1. The van der Waals surface area contributed by atoms with Gasteiger partial charge in [0.15, 0.2) is 0 Å². The Hall–Kier alpha value is -3.67. The maximum absolute atomic E-state index is 14.0. The molecule has 0 fully saturated rings. The molecule has 30 heavy (non-hydrogen) atoms. The van der Waals surface area contributed by atoms with Gasteiger partial charge >= 0.3 is 0 Å². The van der Waals surface area contributed by atoms with Crippen molar-refractivity contribution in [3.8, 4) is 5.75 Å². The smallest absolute Gasteiger partial charge is 0.225 e. The number of carbonyl (C=O) groups is 1. The van der Waals surface area contributed by atoms with Gasteiger partial charge in [0.05, 0.1) is 18.5 Å². The van der Waals surface area contributed by atoms with Crippen molar-refractivity contribution in [2.45, 2.75) is 19.3 Å². The number of imidazole rings is 1. The fourth-order valence-corrected chi connectivity index (χ4v) is 3.56. The number of aromatic nitrogens is 2. The van der Waals surface area contributed by atoms with E-state index in [0.717, 1.165) is 22.5 Å². The molecule has 6 heteroatoms. The molecule has 152 valence electrons. The Bertz CT molecular complexity index is 1200. The predicted octanol–water partition coefficient (Wildman–Crippen LogP) is 4.95. The minimum atomic E-state index is -0.464. The molecule has 0 saturated carbocycles. The Labute approximate surface area is 174 Å². The zero-order valence-electron chi connectivity index (χ0n) is 16.8. The van der Waals surface area contributed by atoms with E-state index < -0.39 is 5.82 Å². The van der Waals surface area contributed by atoms with Crippen LogP contribution in [0.2, 0.25) is 0 Å². The first-order valence-corrected chi connectivity index (χ1v) is 9.67. The molecule has 1 N–H and O–H groups in total. The van der Waals surface area contributed by atoms with Crippen LogP contribution in [0.1, 0.15) is 29.2 Å². The van der Waals surface area contributed by atoms with Crippen molar-refractivity contribution < 1.29 is 13.9 Å². The number of carbonyl (C=O) groups excluding carboxylic acids is 1. The van der Waals surface area contributed by atoms with Crippen LogP contribution in [-0.4, -0.2) is 22.4 Å². The number of nitrogens with zero attached hydrogens (tertiary/aromatic N) is 2. The molecule has 4 aromatic rings. The summed E-state index contributed by atoms with van der Waals surface area (Å²) in [6, 6.07) is 17.8. The Morgan fingerprint density at radius 2 is 2.00 bits per heavy atom. The predicted molar refractivity (Wildman–Crippen MR) is 114 cm³/mol. The number of hydrogen-bond donors (Lipinski definition) is 1. The van der Waals surface area contributed by atoms with E-state index in [4.69, 9.17) is 4.74 Å². The number of methoxy groups -OCH3 is 1. The van der Waals surface area contributed by atoms with Crippen molar-refractivity contribution in [2.24, 2.45) is 0 Å².